The van der Waals surface area contributed by atoms with Gasteiger partial charge in [-0.1, -0.05) is 64.1 Å². The standard InChI is InChI=1S/C20H20O2/c1-11(2)13-9-10-14(12(3)4)18-17(13)19(21)15-7-5-6-8-16(15)20(18)22/h5-12H,1-4H3. The van der Waals surface area contributed by atoms with E-state index in [2.05, 4.69) is 27.7 Å². The average molecular weight is 292 g/mol. The summed E-state index contributed by atoms with van der Waals surface area (Å²) >= 11 is 0. The van der Waals surface area contributed by atoms with Crippen molar-refractivity contribution in [2.24, 2.45) is 0 Å². The summed E-state index contributed by atoms with van der Waals surface area (Å²) in [6.45, 7) is 8.23. The van der Waals surface area contributed by atoms with Gasteiger partial charge in [-0.15, -0.1) is 0 Å². The summed E-state index contributed by atoms with van der Waals surface area (Å²) in [6, 6.07) is 11.2. The van der Waals surface area contributed by atoms with Gasteiger partial charge >= 0.3 is 0 Å². The molecule has 2 heteroatoms. The van der Waals surface area contributed by atoms with Gasteiger partial charge < -0.3 is 0 Å². The first-order chi connectivity index (χ1) is 10.4. The minimum Gasteiger partial charge on any atom is -0.289 e. The van der Waals surface area contributed by atoms with E-state index in [4.69, 9.17) is 0 Å². The lowest BCUT2D eigenvalue weighted by molar-refractivity contribution is 0.0977. The Morgan fingerprint density at radius 1 is 0.636 bits per heavy atom. The van der Waals surface area contributed by atoms with Crippen molar-refractivity contribution in [3.05, 3.63) is 69.8 Å². The lowest BCUT2D eigenvalue weighted by Crippen LogP contribution is -2.25. The zero-order chi connectivity index (χ0) is 16.0. The maximum absolute atomic E-state index is 13.0. The van der Waals surface area contributed by atoms with E-state index in [0.717, 1.165) is 11.1 Å². The number of ketones is 2. The van der Waals surface area contributed by atoms with E-state index in [0.29, 0.717) is 22.3 Å². The van der Waals surface area contributed by atoms with E-state index in [1.807, 2.05) is 24.3 Å². The minimum atomic E-state index is -0.0172. The van der Waals surface area contributed by atoms with E-state index in [1.54, 1.807) is 12.1 Å². The number of carbonyl (C=O) groups excluding carboxylic acids is 2. The molecule has 112 valence electrons. The van der Waals surface area contributed by atoms with E-state index >= 15 is 0 Å². The molecule has 0 unspecified atom stereocenters. The van der Waals surface area contributed by atoms with Crippen LogP contribution in [-0.4, -0.2) is 11.6 Å². The Bertz CT molecular complexity index is 716. The Labute approximate surface area is 131 Å². The third kappa shape index (κ3) is 2.02. The smallest absolute Gasteiger partial charge is 0.194 e. The summed E-state index contributed by atoms with van der Waals surface area (Å²) in [5, 5.41) is 0. The first-order valence-electron chi connectivity index (χ1n) is 7.78. The number of fused-ring (bicyclic) bond motifs is 2. The Morgan fingerprint density at radius 2 is 1.00 bits per heavy atom. The summed E-state index contributed by atoms with van der Waals surface area (Å²) in [5.74, 6) is 0.377. The third-order valence-corrected chi connectivity index (χ3v) is 4.38. The van der Waals surface area contributed by atoms with Crippen molar-refractivity contribution in [3.8, 4) is 0 Å². The van der Waals surface area contributed by atoms with Gasteiger partial charge in [-0.05, 0) is 23.0 Å². The van der Waals surface area contributed by atoms with Crippen LogP contribution in [0.1, 0.15) is 82.5 Å². The molecule has 0 spiro atoms. The highest BCUT2D eigenvalue weighted by Gasteiger charge is 2.34. The Kier molecular flexibility index (Phi) is 3.48. The molecule has 0 amide bonds. The lowest BCUT2D eigenvalue weighted by Gasteiger charge is -2.25. The SMILES string of the molecule is CC(C)c1ccc(C(C)C)c2c1C(=O)c1ccccc1C2=O. The van der Waals surface area contributed by atoms with Crippen LogP contribution in [0.3, 0.4) is 0 Å². The fraction of sp³-hybridized carbons (Fsp3) is 0.300. The second kappa shape index (κ2) is 5.20. The molecule has 1 aliphatic carbocycles. The van der Waals surface area contributed by atoms with Crippen LogP contribution in [0.2, 0.25) is 0 Å². The number of benzene rings is 2. The largest absolute Gasteiger partial charge is 0.289 e. The van der Waals surface area contributed by atoms with Gasteiger partial charge in [0.15, 0.2) is 11.6 Å². The van der Waals surface area contributed by atoms with Crippen molar-refractivity contribution >= 4 is 11.6 Å². The molecule has 0 radical (unpaired) electrons. The Balaban J connectivity index is 2.39. The minimum absolute atomic E-state index is 0.0172. The number of rotatable bonds is 2. The summed E-state index contributed by atoms with van der Waals surface area (Å²) in [7, 11) is 0. The summed E-state index contributed by atoms with van der Waals surface area (Å²) in [4.78, 5) is 26.0. The second-order valence-corrected chi connectivity index (χ2v) is 6.51. The lowest BCUT2D eigenvalue weighted by atomic mass is 9.76. The highest BCUT2D eigenvalue weighted by Crippen LogP contribution is 2.36. The fourth-order valence-corrected chi connectivity index (χ4v) is 3.23. The molecule has 0 saturated carbocycles. The van der Waals surface area contributed by atoms with Crippen LogP contribution in [-0.2, 0) is 0 Å². The van der Waals surface area contributed by atoms with Crippen LogP contribution >= 0.6 is 0 Å². The van der Waals surface area contributed by atoms with Gasteiger partial charge in [-0.25, -0.2) is 0 Å². The normalized spacial score (nSPS) is 13.5. The van der Waals surface area contributed by atoms with Crippen LogP contribution in [0.15, 0.2) is 36.4 Å². The molecule has 2 aromatic rings. The van der Waals surface area contributed by atoms with Gasteiger partial charge in [0.2, 0.25) is 0 Å². The van der Waals surface area contributed by atoms with E-state index < -0.39 is 0 Å². The molecule has 0 bridgehead atoms. The van der Waals surface area contributed by atoms with E-state index in [-0.39, 0.29) is 23.4 Å². The molecule has 0 N–H and O–H groups in total. The van der Waals surface area contributed by atoms with E-state index in [9.17, 15) is 9.59 Å². The van der Waals surface area contributed by atoms with Crippen LogP contribution < -0.4 is 0 Å². The predicted octanol–water partition coefficient (Wildman–Crippen LogP) is 4.71. The summed E-state index contributed by atoms with van der Waals surface area (Å²) < 4.78 is 0. The van der Waals surface area contributed by atoms with E-state index in [1.165, 1.54) is 0 Å². The quantitative estimate of drug-likeness (QED) is 0.685. The maximum Gasteiger partial charge on any atom is 0.194 e. The molecule has 1 aliphatic rings. The average Bonchev–Trinajstić information content (AvgIpc) is 2.51. The van der Waals surface area contributed by atoms with Gasteiger partial charge in [0.25, 0.3) is 0 Å². The molecule has 2 aromatic carbocycles. The van der Waals surface area contributed by atoms with Crippen molar-refractivity contribution < 1.29 is 9.59 Å². The number of hydrogen-bond acceptors (Lipinski definition) is 2. The van der Waals surface area contributed by atoms with Gasteiger partial charge in [-0.2, -0.15) is 0 Å². The van der Waals surface area contributed by atoms with Crippen LogP contribution in [0, 0.1) is 0 Å². The van der Waals surface area contributed by atoms with Crippen LogP contribution in [0.4, 0.5) is 0 Å². The molecule has 0 aromatic heterocycles. The zero-order valence-corrected chi connectivity index (χ0v) is 13.4. The third-order valence-electron chi connectivity index (χ3n) is 4.38. The van der Waals surface area contributed by atoms with Gasteiger partial charge in [0.05, 0.1) is 0 Å². The number of carbonyl (C=O) groups is 2. The molecule has 3 rings (SSSR count). The molecule has 22 heavy (non-hydrogen) atoms. The van der Waals surface area contributed by atoms with Crippen molar-refractivity contribution in [3.63, 3.8) is 0 Å². The Hall–Kier alpha value is -2.22. The highest BCUT2D eigenvalue weighted by molar-refractivity contribution is 6.29. The molecular formula is C20H20O2. The molecule has 0 fully saturated rings. The molecule has 0 atom stereocenters. The van der Waals surface area contributed by atoms with Gasteiger partial charge in [0, 0.05) is 22.3 Å². The highest BCUT2D eigenvalue weighted by atomic mass is 16.1. The van der Waals surface area contributed by atoms with Gasteiger partial charge in [0.1, 0.15) is 0 Å². The molecule has 0 saturated heterocycles. The molecule has 0 aliphatic heterocycles. The number of hydrogen-bond donors (Lipinski definition) is 0. The fourth-order valence-electron chi connectivity index (χ4n) is 3.23. The topological polar surface area (TPSA) is 34.1 Å². The van der Waals surface area contributed by atoms with Crippen LogP contribution in [0.25, 0.3) is 0 Å². The maximum atomic E-state index is 13.0. The van der Waals surface area contributed by atoms with Crippen molar-refractivity contribution in [2.75, 3.05) is 0 Å². The van der Waals surface area contributed by atoms with Gasteiger partial charge in [-0.3, -0.25) is 9.59 Å². The molecular weight excluding hydrogens is 272 g/mol. The first-order valence-corrected chi connectivity index (χ1v) is 7.78. The summed E-state index contributed by atoms with van der Waals surface area (Å²) in [6.07, 6.45) is 0. The van der Waals surface area contributed by atoms with Crippen molar-refractivity contribution in [1.29, 1.82) is 0 Å². The Morgan fingerprint density at radius 3 is 1.32 bits per heavy atom. The van der Waals surface area contributed by atoms with Crippen LogP contribution in [0.5, 0.6) is 0 Å². The monoisotopic (exact) mass is 292 g/mol. The molecule has 2 nitrogen and oxygen atoms in total. The van der Waals surface area contributed by atoms with Crippen molar-refractivity contribution in [1.82, 2.24) is 0 Å². The predicted molar refractivity (Wildman–Crippen MR) is 87.9 cm³/mol. The molecule has 0 heterocycles. The first kappa shape index (κ1) is 14.7. The zero-order valence-electron chi connectivity index (χ0n) is 13.4. The van der Waals surface area contributed by atoms with Crippen molar-refractivity contribution in [2.45, 2.75) is 39.5 Å². The second-order valence-electron chi connectivity index (χ2n) is 6.51. The summed E-state index contributed by atoms with van der Waals surface area (Å²) in [5.41, 5.74) is 4.22.